The lowest BCUT2D eigenvalue weighted by atomic mass is 9.84. The smallest absolute Gasteiger partial charge is 0.333 e. The van der Waals surface area contributed by atoms with E-state index in [9.17, 15) is 14.4 Å². The Balaban J connectivity index is 3.10. The van der Waals surface area contributed by atoms with Crippen molar-refractivity contribution < 1.29 is 19.1 Å². The summed E-state index contributed by atoms with van der Waals surface area (Å²) < 4.78 is 5.09. The second kappa shape index (κ2) is 11.8. The Morgan fingerprint density at radius 1 is 1.22 bits per heavy atom. The lowest BCUT2D eigenvalue weighted by Crippen LogP contribution is -2.60. The maximum Gasteiger partial charge on any atom is 0.333 e. The number of likely N-dealkylation sites (N-methyl/N-ethyl adjacent to an activating group) is 2. The number of rotatable bonds is 8. The van der Waals surface area contributed by atoms with Gasteiger partial charge in [0, 0.05) is 19.2 Å². The van der Waals surface area contributed by atoms with Crippen molar-refractivity contribution in [3.8, 4) is 0 Å². The molecule has 1 fully saturated rings. The van der Waals surface area contributed by atoms with Crippen LogP contribution in [0.4, 0.5) is 0 Å². The number of nitrogens with one attached hydrogen (secondary N) is 1. The normalized spacial score (nSPS) is 22.3. The van der Waals surface area contributed by atoms with E-state index in [-0.39, 0.29) is 35.8 Å². The average molecular weight is 452 g/mol. The quantitative estimate of drug-likeness (QED) is 0.453. The Hall–Kier alpha value is -1.89. The fourth-order valence-electron chi connectivity index (χ4n) is 4.26. The van der Waals surface area contributed by atoms with Gasteiger partial charge in [0.2, 0.25) is 11.8 Å². The fraction of sp³-hybridized carbons (Fsp3) is 0.800. The molecule has 0 spiro atoms. The first-order valence-electron chi connectivity index (χ1n) is 11.8. The molecule has 1 saturated heterocycles. The van der Waals surface area contributed by atoms with Gasteiger partial charge >= 0.3 is 5.97 Å². The van der Waals surface area contributed by atoms with Gasteiger partial charge in [0.15, 0.2) is 0 Å². The van der Waals surface area contributed by atoms with E-state index in [4.69, 9.17) is 4.74 Å². The van der Waals surface area contributed by atoms with Crippen LogP contribution in [0.15, 0.2) is 11.6 Å². The minimum absolute atomic E-state index is 0.0793. The topological polar surface area (TPSA) is 79.0 Å². The van der Waals surface area contributed by atoms with Gasteiger partial charge in [-0.3, -0.25) is 14.5 Å². The van der Waals surface area contributed by atoms with Crippen LogP contribution in [0, 0.1) is 17.3 Å². The zero-order valence-electron chi connectivity index (χ0n) is 21.8. The van der Waals surface area contributed by atoms with Crippen molar-refractivity contribution in [1.82, 2.24) is 15.1 Å². The van der Waals surface area contributed by atoms with Crippen molar-refractivity contribution in [1.29, 1.82) is 0 Å². The van der Waals surface area contributed by atoms with Gasteiger partial charge in [-0.2, -0.15) is 0 Å². The van der Waals surface area contributed by atoms with E-state index in [1.807, 2.05) is 41.7 Å². The van der Waals surface area contributed by atoms with Crippen LogP contribution >= 0.6 is 0 Å². The first-order valence-corrected chi connectivity index (χ1v) is 11.8. The summed E-state index contributed by atoms with van der Waals surface area (Å²) in [6.07, 6.45) is 3.59. The molecule has 0 aliphatic carbocycles. The molecule has 0 aromatic carbocycles. The van der Waals surface area contributed by atoms with E-state index in [0.29, 0.717) is 18.1 Å². The second-order valence-electron chi connectivity index (χ2n) is 10.7. The van der Waals surface area contributed by atoms with Crippen LogP contribution in [0.2, 0.25) is 0 Å². The predicted molar refractivity (Wildman–Crippen MR) is 128 cm³/mol. The number of amides is 2. The van der Waals surface area contributed by atoms with Crippen molar-refractivity contribution >= 4 is 17.8 Å². The molecule has 184 valence electrons. The van der Waals surface area contributed by atoms with Gasteiger partial charge in [-0.05, 0) is 51.0 Å². The summed E-state index contributed by atoms with van der Waals surface area (Å²) in [4.78, 5) is 42.6. The van der Waals surface area contributed by atoms with Crippen molar-refractivity contribution in [2.45, 2.75) is 86.4 Å². The summed E-state index contributed by atoms with van der Waals surface area (Å²) in [5, 5.41) is 3.06. The van der Waals surface area contributed by atoms with E-state index in [1.165, 1.54) is 0 Å². The maximum absolute atomic E-state index is 13.6. The lowest BCUT2D eigenvalue weighted by Gasteiger charge is -2.40. The molecule has 1 aliphatic rings. The molecular weight excluding hydrogens is 406 g/mol. The van der Waals surface area contributed by atoms with Gasteiger partial charge < -0.3 is 15.0 Å². The number of likely N-dealkylation sites (tertiary alicyclic amines) is 1. The molecule has 4 atom stereocenters. The zero-order chi connectivity index (χ0) is 24.8. The fourth-order valence-corrected chi connectivity index (χ4v) is 4.26. The van der Waals surface area contributed by atoms with Crippen LogP contribution in [-0.2, 0) is 19.1 Å². The number of hydrogen-bond acceptors (Lipinski definition) is 5. The molecule has 0 aromatic heterocycles. The highest BCUT2D eigenvalue weighted by molar-refractivity contribution is 5.91. The molecule has 7 heteroatoms. The maximum atomic E-state index is 13.6. The standard InChI is InChI=1S/C25H45N3O4/c1-11-32-24(31)18(5)14-20(16(2)3)28(10)23(30)21(25(6,7)8)26-22(29)19-13-12-17(4)15-27(19)9/h14,16-17,19-21H,11-13,15H2,1-10H3,(H,26,29)/b18-14+/t17-,19?,20+,21+/m0/s1. The van der Waals surface area contributed by atoms with Gasteiger partial charge in [0.1, 0.15) is 6.04 Å². The van der Waals surface area contributed by atoms with Crippen LogP contribution < -0.4 is 5.32 Å². The SMILES string of the molecule is CCOC(=O)/C(C)=C/[C@H](C(C)C)N(C)C(=O)[C@@H](NC(=O)C1CC[C@H](C)CN1C)C(C)(C)C. The molecule has 1 rings (SSSR count). The van der Waals surface area contributed by atoms with Crippen molar-refractivity contribution in [3.05, 3.63) is 11.6 Å². The van der Waals surface area contributed by atoms with Gasteiger partial charge in [-0.1, -0.05) is 47.6 Å². The van der Waals surface area contributed by atoms with Gasteiger partial charge in [-0.15, -0.1) is 0 Å². The Kier molecular flexibility index (Phi) is 10.4. The zero-order valence-corrected chi connectivity index (χ0v) is 21.8. The molecule has 2 amide bonds. The largest absolute Gasteiger partial charge is 0.463 e. The molecule has 1 heterocycles. The van der Waals surface area contributed by atoms with Crippen molar-refractivity contribution in [3.63, 3.8) is 0 Å². The number of carbonyl (C=O) groups excluding carboxylic acids is 3. The third-order valence-corrected chi connectivity index (χ3v) is 6.26. The first kappa shape index (κ1) is 28.1. The summed E-state index contributed by atoms with van der Waals surface area (Å²) in [6, 6.07) is -1.20. The third kappa shape index (κ3) is 7.61. The molecule has 0 bridgehead atoms. The molecule has 32 heavy (non-hydrogen) atoms. The van der Waals surface area contributed by atoms with E-state index in [1.54, 1.807) is 31.9 Å². The van der Waals surface area contributed by atoms with Crippen molar-refractivity contribution in [2.75, 3.05) is 27.2 Å². The van der Waals surface area contributed by atoms with Gasteiger partial charge in [-0.25, -0.2) is 4.79 Å². The monoisotopic (exact) mass is 451 g/mol. The summed E-state index contributed by atoms with van der Waals surface area (Å²) >= 11 is 0. The van der Waals surface area contributed by atoms with E-state index in [0.717, 1.165) is 19.4 Å². The van der Waals surface area contributed by atoms with Crippen LogP contribution in [0.1, 0.15) is 68.2 Å². The Morgan fingerprint density at radius 2 is 1.81 bits per heavy atom. The second-order valence-corrected chi connectivity index (χ2v) is 10.7. The molecule has 1 N–H and O–H groups in total. The molecule has 1 unspecified atom stereocenters. The molecule has 0 radical (unpaired) electrons. The molecular formula is C25H45N3O4. The van der Waals surface area contributed by atoms with E-state index in [2.05, 4.69) is 17.1 Å². The van der Waals surface area contributed by atoms with Crippen LogP contribution in [0.25, 0.3) is 0 Å². The lowest BCUT2D eigenvalue weighted by molar-refractivity contribution is -0.142. The third-order valence-electron chi connectivity index (χ3n) is 6.26. The number of nitrogens with zero attached hydrogens (tertiary/aromatic N) is 2. The number of ether oxygens (including phenoxy) is 1. The molecule has 0 aromatic rings. The summed E-state index contributed by atoms with van der Waals surface area (Å²) in [7, 11) is 3.71. The van der Waals surface area contributed by atoms with Crippen LogP contribution in [0.3, 0.4) is 0 Å². The van der Waals surface area contributed by atoms with Gasteiger partial charge in [0.25, 0.3) is 0 Å². The highest BCUT2D eigenvalue weighted by Crippen LogP contribution is 2.25. The predicted octanol–water partition coefficient (Wildman–Crippen LogP) is 3.24. The minimum Gasteiger partial charge on any atom is -0.463 e. The molecule has 7 nitrogen and oxygen atoms in total. The number of piperidine rings is 1. The number of esters is 1. The number of hydrogen-bond donors (Lipinski definition) is 1. The van der Waals surface area contributed by atoms with Gasteiger partial charge in [0.05, 0.1) is 18.7 Å². The Labute approximate surface area is 194 Å². The van der Waals surface area contributed by atoms with Crippen LogP contribution in [0.5, 0.6) is 0 Å². The highest BCUT2D eigenvalue weighted by Gasteiger charge is 2.39. The molecule has 0 saturated carbocycles. The highest BCUT2D eigenvalue weighted by atomic mass is 16.5. The van der Waals surface area contributed by atoms with Crippen molar-refractivity contribution in [2.24, 2.45) is 17.3 Å². The molecule has 1 aliphatic heterocycles. The average Bonchev–Trinajstić information content (AvgIpc) is 2.67. The number of carbonyl (C=O) groups is 3. The van der Waals surface area contributed by atoms with E-state index >= 15 is 0 Å². The summed E-state index contributed by atoms with van der Waals surface area (Å²) in [6.45, 7) is 16.7. The minimum atomic E-state index is -0.676. The van der Waals surface area contributed by atoms with E-state index < -0.39 is 11.5 Å². The van der Waals surface area contributed by atoms with Crippen LogP contribution in [-0.4, -0.2) is 73.0 Å². The Morgan fingerprint density at radius 3 is 2.28 bits per heavy atom. The summed E-state index contributed by atoms with van der Waals surface area (Å²) in [5.41, 5.74) is 0.00247. The summed E-state index contributed by atoms with van der Waals surface area (Å²) in [5.74, 6) is 0.00556. The first-order chi connectivity index (χ1) is 14.7. The Bertz CT molecular complexity index is 696.